The van der Waals surface area contributed by atoms with Crippen LogP contribution < -0.4 is 16.4 Å². The summed E-state index contributed by atoms with van der Waals surface area (Å²) in [4.78, 5) is 33.3. The number of nitrogens with two attached hydrogens (primary N) is 2. The highest BCUT2D eigenvalue weighted by molar-refractivity contribution is 6.31. The zero-order valence-corrected chi connectivity index (χ0v) is 33.4. The number of amides is 1. The third-order valence-electron chi connectivity index (χ3n) is 10.9. The summed E-state index contributed by atoms with van der Waals surface area (Å²) in [7, 11) is 3.31. The van der Waals surface area contributed by atoms with E-state index >= 15 is 0 Å². The molecule has 4 N–H and O–H groups in total. The Morgan fingerprint density at radius 2 is 1.82 bits per heavy atom. The largest absolute Gasteiger partial charge is 0.418 e. The van der Waals surface area contributed by atoms with Crippen molar-refractivity contribution >= 4 is 34.7 Å². The molecule has 1 aromatic carbocycles. The van der Waals surface area contributed by atoms with Crippen molar-refractivity contribution in [1.82, 2.24) is 19.8 Å². The van der Waals surface area contributed by atoms with E-state index in [4.69, 9.17) is 42.8 Å². The number of ether oxygens (including phenoxy) is 1. The monoisotopic (exact) mass is 790 g/mol. The van der Waals surface area contributed by atoms with E-state index in [2.05, 4.69) is 9.80 Å². The molecule has 302 valence electrons. The van der Waals surface area contributed by atoms with Crippen molar-refractivity contribution in [2.45, 2.75) is 109 Å². The summed E-state index contributed by atoms with van der Waals surface area (Å²) in [5.74, 6) is 1.30. The molecule has 2 saturated heterocycles. The Morgan fingerprint density at radius 3 is 2.44 bits per heavy atom. The lowest BCUT2D eigenvalue weighted by molar-refractivity contribution is -0.139. The van der Waals surface area contributed by atoms with Crippen molar-refractivity contribution in [3.8, 4) is 0 Å². The Balaban J connectivity index is 0.000000411. The summed E-state index contributed by atoms with van der Waals surface area (Å²) in [6.07, 6.45) is 3.13. The third-order valence-corrected chi connectivity index (χ3v) is 11.2. The van der Waals surface area contributed by atoms with Crippen molar-refractivity contribution in [3.05, 3.63) is 68.5 Å². The Bertz CT molecular complexity index is 1780. The standard InChI is InChI=1S/C30H37ClF3N7O2.C8H12FN.C2H6/c1-4-18(26(36)29(42)40(2)3)23-14-41(10-6-9-37-23)28-20-15-43-24(13-22(20)38-27(39-28)16-7-5-8-16)19-11-17(35)12-21(31)25(19)30(32,33)34;9-5-7-4-8-2-1-3-10(8)6-7;1-2/h11-12,16,24H,4-10,13-15,35-36H2,1-3H3;5,8H,1-4,6H2;1-2H3/b26-18-;7-5-;. The molecule has 2 atom stereocenters. The van der Waals surface area contributed by atoms with Gasteiger partial charge < -0.3 is 26.0 Å². The van der Waals surface area contributed by atoms with Crippen LogP contribution in [-0.4, -0.2) is 84.2 Å². The predicted octanol–water partition coefficient (Wildman–Crippen LogP) is 7.91. The highest BCUT2D eigenvalue weighted by atomic mass is 35.5. The van der Waals surface area contributed by atoms with Crippen LogP contribution in [0.4, 0.5) is 29.1 Å². The van der Waals surface area contributed by atoms with Gasteiger partial charge in [0, 0.05) is 68.9 Å². The third kappa shape index (κ3) is 9.62. The van der Waals surface area contributed by atoms with Gasteiger partial charge in [-0.3, -0.25) is 14.7 Å². The highest BCUT2D eigenvalue weighted by Gasteiger charge is 2.40. The van der Waals surface area contributed by atoms with Crippen LogP contribution >= 0.6 is 11.6 Å². The van der Waals surface area contributed by atoms with Crippen LogP contribution in [-0.2, 0) is 28.7 Å². The number of carbonyl (C=O) groups excluding carboxylic acids is 1. The lowest BCUT2D eigenvalue weighted by atomic mass is 9.84. The second-order valence-corrected chi connectivity index (χ2v) is 15.1. The van der Waals surface area contributed by atoms with Gasteiger partial charge in [0.2, 0.25) is 0 Å². The molecule has 1 aliphatic carbocycles. The molecule has 0 radical (unpaired) electrons. The highest BCUT2D eigenvalue weighted by Crippen LogP contribution is 2.45. The summed E-state index contributed by atoms with van der Waals surface area (Å²) < 4.78 is 60.4. The van der Waals surface area contributed by atoms with Crippen LogP contribution in [0.3, 0.4) is 0 Å². The molecule has 3 fully saturated rings. The van der Waals surface area contributed by atoms with Crippen LogP contribution in [0.1, 0.15) is 112 Å². The first-order chi connectivity index (χ1) is 26.3. The van der Waals surface area contributed by atoms with Crippen molar-refractivity contribution in [2.24, 2.45) is 10.7 Å². The van der Waals surface area contributed by atoms with Crippen LogP contribution in [0.15, 0.2) is 40.3 Å². The van der Waals surface area contributed by atoms with Crippen LogP contribution in [0, 0.1) is 0 Å². The fourth-order valence-corrected chi connectivity index (χ4v) is 8.24. The summed E-state index contributed by atoms with van der Waals surface area (Å²) >= 11 is 6.05. The van der Waals surface area contributed by atoms with Gasteiger partial charge in [0.05, 0.1) is 47.6 Å². The number of carbonyl (C=O) groups is 1. The first-order valence-electron chi connectivity index (χ1n) is 19.5. The Kier molecular flexibility index (Phi) is 14.2. The number of hydrogen-bond acceptors (Lipinski definition) is 9. The molecule has 2 unspecified atom stereocenters. The molecule has 1 saturated carbocycles. The Hall–Kier alpha value is -3.75. The first kappa shape index (κ1) is 42.4. The van der Waals surface area contributed by atoms with Gasteiger partial charge in [0.25, 0.3) is 5.91 Å². The molecule has 5 heterocycles. The van der Waals surface area contributed by atoms with Crippen molar-refractivity contribution in [1.29, 1.82) is 0 Å². The maximum atomic E-state index is 14.1. The number of alkyl halides is 3. The quantitative estimate of drug-likeness (QED) is 0.172. The molecule has 1 aromatic heterocycles. The van der Waals surface area contributed by atoms with Crippen LogP contribution in [0.5, 0.6) is 0 Å². The van der Waals surface area contributed by atoms with E-state index < -0.39 is 22.9 Å². The van der Waals surface area contributed by atoms with E-state index in [1.54, 1.807) is 14.1 Å². The minimum Gasteiger partial charge on any atom is -0.399 e. The van der Waals surface area contributed by atoms with Crippen LogP contribution in [0.25, 0.3) is 0 Å². The van der Waals surface area contributed by atoms with Crippen molar-refractivity contribution in [3.63, 3.8) is 0 Å². The number of likely N-dealkylation sites (N-methyl/N-ethyl adjacent to an activating group) is 1. The molecular weight excluding hydrogens is 736 g/mol. The molecule has 7 rings (SSSR count). The maximum absolute atomic E-state index is 14.1. The van der Waals surface area contributed by atoms with Gasteiger partial charge in [-0.15, -0.1) is 0 Å². The zero-order chi connectivity index (χ0) is 40.0. The number of halogens is 5. The van der Waals surface area contributed by atoms with Gasteiger partial charge >= 0.3 is 6.18 Å². The smallest absolute Gasteiger partial charge is 0.399 e. The average molecular weight is 791 g/mol. The number of nitrogen functional groups attached to an aromatic ring is 1. The lowest BCUT2D eigenvalue weighted by Crippen LogP contribution is -2.36. The van der Waals surface area contributed by atoms with E-state index in [1.807, 2.05) is 20.8 Å². The zero-order valence-electron chi connectivity index (χ0n) is 32.6. The normalized spacial score (nSPS) is 22.5. The molecule has 5 aliphatic rings. The number of nitrogens with zero attached hydrogens (tertiary/aromatic N) is 6. The summed E-state index contributed by atoms with van der Waals surface area (Å²) in [5, 5.41) is -0.460. The molecule has 10 nitrogen and oxygen atoms in total. The van der Waals surface area contributed by atoms with Gasteiger partial charge in [-0.1, -0.05) is 38.8 Å². The molecular formula is C40H55ClF4N8O2. The van der Waals surface area contributed by atoms with Gasteiger partial charge in [-0.25, -0.2) is 14.4 Å². The average Bonchev–Trinajstić information content (AvgIpc) is 3.65. The van der Waals surface area contributed by atoms with Crippen molar-refractivity contribution < 1.29 is 27.1 Å². The molecule has 0 bridgehead atoms. The minimum absolute atomic E-state index is 0.0186. The van der Waals surface area contributed by atoms with E-state index in [9.17, 15) is 22.4 Å². The maximum Gasteiger partial charge on any atom is 0.418 e. The number of hydrogen-bond donors (Lipinski definition) is 2. The predicted molar refractivity (Wildman–Crippen MR) is 210 cm³/mol. The van der Waals surface area contributed by atoms with Gasteiger partial charge in [0.1, 0.15) is 17.3 Å². The molecule has 4 aliphatic heterocycles. The second-order valence-electron chi connectivity index (χ2n) is 14.7. The SMILES string of the molecule is CC.CC/C(C1=NCCCN(c2nc(C3CCC3)nc3c2COC(c2cc(N)cc(Cl)c2C(F)(F)F)C3)C1)=C(/N)C(=O)N(C)C.F/C=C1/CC2CCCN2C1. The minimum atomic E-state index is -4.68. The fourth-order valence-electron chi connectivity index (χ4n) is 7.90. The Labute approximate surface area is 327 Å². The number of fused-ring (bicyclic) bond motifs is 2. The molecule has 1 amide bonds. The van der Waals surface area contributed by atoms with E-state index in [-0.39, 0.29) is 41.8 Å². The number of aromatic nitrogens is 2. The van der Waals surface area contributed by atoms with Crippen LogP contribution in [0.2, 0.25) is 5.02 Å². The molecule has 0 spiro atoms. The van der Waals surface area contributed by atoms with Gasteiger partial charge in [-0.05, 0) is 74.8 Å². The molecule has 15 heteroatoms. The number of aliphatic imine (C=N–C) groups is 1. The van der Waals surface area contributed by atoms with E-state index in [0.717, 1.165) is 67.9 Å². The Morgan fingerprint density at radius 1 is 1.07 bits per heavy atom. The number of anilines is 2. The van der Waals surface area contributed by atoms with Gasteiger partial charge in [0.15, 0.2) is 0 Å². The summed E-state index contributed by atoms with van der Waals surface area (Å²) in [6, 6.07) is 3.08. The fraction of sp³-hybridized carbons (Fsp3) is 0.600. The molecule has 55 heavy (non-hydrogen) atoms. The number of rotatable bonds is 6. The van der Waals surface area contributed by atoms with Crippen molar-refractivity contribution in [2.75, 3.05) is 57.5 Å². The topological polar surface area (TPSA) is 126 Å². The summed E-state index contributed by atoms with van der Waals surface area (Å²) in [5.41, 5.74) is 15.3. The first-order valence-corrected chi connectivity index (χ1v) is 19.8. The van der Waals surface area contributed by atoms with E-state index in [0.29, 0.717) is 55.0 Å². The molecule has 2 aromatic rings. The second kappa shape index (κ2) is 18.5. The summed E-state index contributed by atoms with van der Waals surface area (Å²) in [6.45, 7) is 9.62. The van der Waals surface area contributed by atoms with E-state index in [1.165, 1.54) is 30.4 Å². The number of benzene rings is 1. The van der Waals surface area contributed by atoms with Gasteiger partial charge in [-0.2, -0.15) is 13.2 Å². The lowest BCUT2D eigenvalue weighted by Gasteiger charge is -2.34.